The summed E-state index contributed by atoms with van der Waals surface area (Å²) in [7, 11) is 0. The first-order valence-electron chi connectivity index (χ1n) is 5.55. The van der Waals surface area contributed by atoms with Crippen molar-refractivity contribution < 1.29 is 0 Å². The van der Waals surface area contributed by atoms with Crippen LogP contribution in [0.2, 0.25) is 0 Å². The minimum atomic E-state index is 0.502. The third-order valence-corrected chi connectivity index (χ3v) is 3.44. The van der Waals surface area contributed by atoms with E-state index in [2.05, 4.69) is 36.2 Å². The molecule has 1 atom stereocenters. The number of hydrogen-bond acceptors (Lipinski definition) is 3. The molecule has 1 fully saturated rings. The van der Waals surface area contributed by atoms with E-state index in [1.807, 2.05) is 6.07 Å². The summed E-state index contributed by atoms with van der Waals surface area (Å²) in [6.07, 6.45) is 4.21. The highest BCUT2D eigenvalue weighted by Crippen LogP contribution is 2.23. The second-order valence-corrected chi connectivity index (χ2v) is 5.11. The lowest BCUT2D eigenvalue weighted by Gasteiger charge is -2.20. The second kappa shape index (κ2) is 4.14. The van der Waals surface area contributed by atoms with Crippen LogP contribution < -0.4 is 5.32 Å². The van der Waals surface area contributed by atoms with Crippen molar-refractivity contribution in [2.24, 2.45) is 0 Å². The van der Waals surface area contributed by atoms with Gasteiger partial charge in [0, 0.05) is 23.1 Å². The van der Waals surface area contributed by atoms with Crippen LogP contribution >= 0.6 is 15.9 Å². The Hall–Kier alpha value is -0.940. The van der Waals surface area contributed by atoms with E-state index >= 15 is 0 Å². The number of pyridine rings is 1. The van der Waals surface area contributed by atoms with Crippen LogP contribution in [0.15, 0.2) is 16.7 Å². The second-order valence-electron chi connectivity index (χ2n) is 4.19. The molecule has 1 aliphatic heterocycles. The molecule has 3 rings (SSSR count). The van der Waals surface area contributed by atoms with Gasteiger partial charge in [0.2, 0.25) is 0 Å². The molecule has 0 spiro atoms. The highest BCUT2D eigenvalue weighted by Gasteiger charge is 2.18. The summed E-state index contributed by atoms with van der Waals surface area (Å²) < 4.78 is 0.983. The number of piperidine rings is 1. The van der Waals surface area contributed by atoms with E-state index in [0.717, 1.165) is 34.6 Å². The van der Waals surface area contributed by atoms with Crippen LogP contribution in [-0.2, 0) is 0 Å². The third kappa shape index (κ3) is 1.85. The van der Waals surface area contributed by atoms with Crippen LogP contribution in [0.3, 0.4) is 0 Å². The van der Waals surface area contributed by atoms with E-state index in [1.165, 1.54) is 12.8 Å². The number of nitrogens with one attached hydrogen (secondary N) is 2. The van der Waals surface area contributed by atoms with Crippen molar-refractivity contribution in [1.82, 2.24) is 20.3 Å². The van der Waals surface area contributed by atoms with Crippen LogP contribution in [0.1, 0.15) is 24.6 Å². The van der Waals surface area contributed by atoms with Crippen LogP contribution in [-0.4, -0.2) is 28.0 Å². The maximum atomic E-state index is 4.55. The van der Waals surface area contributed by atoms with Gasteiger partial charge in [-0.2, -0.15) is 0 Å². The van der Waals surface area contributed by atoms with Gasteiger partial charge in [0.25, 0.3) is 0 Å². The predicted octanol–water partition coefficient (Wildman–Crippen LogP) is 2.19. The van der Waals surface area contributed by atoms with E-state index in [4.69, 9.17) is 0 Å². The molecule has 5 heteroatoms. The van der Waals surface area contributed by atoms with Crippen molar-refractivity contribution in [1.29, 1.82) is 0 Å². The summed E-state index contributed by atoms with van der Waals surface area (Å²) >= 11 is 3.42. The van der Waals surface area contributed by atoms with Crippen LogP contribution in [0.25, 0.3) is 11.2 Å². The van der Waals surface area contributed by atoms with Gasteiger partial charge in [-0.1, -0.05) is 0 Å². The van der Waals surface area contributed by atoms with Crippen molar-refractivity contribution in [2.45, 2.75) is 18.8 Å². The zero-order valence-electron chi connectivity index (χ0n) is 8.83. The van der Waals surface area contributed by atoms with Crippen LogP contribution in [0, 0.1) is 0 Å². The molecule has 1 saturated heterocycles. The average Bonchev–Trinajstić information content (AvgIpc) is 2.73. The van der Waals surface area contributed by atoms with Gasteiger partial charge >= 0.3 is 0 Å². The molecule has 2 aromatic rings. The van der Waals surface area contributed by atoms with Gasteiger partial charge in [-0.3, -0.25) is 0 Å². The van der Waals surface area contributed by atoms with Crippen molar-refractivity contribution >= 4 is 27.1 Å². The standard InChI is InChI=1S/C11H13BrN4/c12-8-4-9-11(14-6-8)16-10(15-9)7-2-1-3-13-5-7/h4,6-7,13H,1-3,5H2,(H,14,15,16). The van der Waals surface area contributed by atoms with Gasteiger partial charge in [0.05, 0.1) is 5.52 Å². The molecule has 16 heavy (non-hydrogen) atoms. The Labute approximate surface area is 102 Å². The van der Waals surface area contributed by atoms with Gasteiger partial charge in [-0.15, -0.1) is 0 Å². The Bertz CT molecular complexity index is 502. The maximum absolute atomic E-state index is 4.55. The van der Waals surface area contributed by atoms with Gasteiger partial charge in [0.15, 0.2) is 5.65 Å². The first-order valence-corrected chi connectivity index (χ1v) is 6.34. The lowest BCUT2D eigenvalue weighted by molar-refractivity contribution is 0.449. The molecule has 2 aromatic heterocycles. The fourth-order valence-corrected chi connectivity index (χ4v) is 2.50. The highest BCUT2D eigenvalue weighted by atomic mass is 79.9. The normalized spacial score (nSPS) is 21.4. The molecule has 0 aliphatic carbocycles. The molecule has 0 amide bonds. The number of nitrogens with zero attached hydrogens (tertiary/aromatic N) is 2. The van der Waals surface area contributed by atoms with E-state index in [1.54, 1.807) is 6.20 Å². The number of halogens is 1. The molecular formula is C11H13BrN4. The fourth-order valence-electron chi connectivity index (χ4n) is 2.17. The number of aromatic amines is 1. The molecule has 84 valence electrons. The average molecular weight is 281 g/mol. The molecular weight excluding hydrogens is 268 g/mol. The maximum Gasteiger partial charge on any atom is 0.177 e. The number of rotatable bonds is 1. The topological polar surface area (TPSA) is 53.6 Å². The Balaban J connectivity index is 1.97. The zero-order chi connectivity index (χ0) is 11.0. The molecule has 0 bridgehead atoms. The van der Waals surface area contributed by atoms with E-state index < -0.39 is 0 Å². The summed E-state index contributed by atoms with van der Waals surface area (Å²) in [4.78, 5) is 12.2. The lowest BCUT2D eigenvalue weighted by atomic mass is 9.99. The van der Waals surface area contributed by atoms with E-state index in [9.17, 15) is 0 Å². The first kappa shape index (κ1) is 10.2. The summed E-state index contributed by atoms with van der Waals surface area (Å²) in [6, 6.07) is 2.02. The number of hydrogen-bond donors (Lipinski definition) is 2. The largest absolute Gasteiger partial charge is 0.340 e. The van der Waals surface area contributed by atoms with Crippen molar-refractivity contribution in [2.75, 3.05) is 13.1 Å². The summed E-state index contributed by atoms with van der Waals surface area (Å²) in [5.41, 5.74) is 1.82. The van der Waals surface area contributed by atoms with E-state index in [-0.39, 0.29) is 0 Å². The molecule has 1 aliphatic rings. The molecule has 0 saturated carbocycles. The first-order chi connectivity index (χ1) is 7.83. The minimum Gasteiger partial charge on any atom is -0.340 e. The number of imidazole rings is 1. The minimum absolute atomic E-state index is 0.502. The Morgan fingerprint density at radius 1 is 1.44 bits per heavy atom. The fraction of sp³-hybridized carbons (Fsp3) is 0.455. The Kier molecular flexibility index (Phi) is 2.65. The summed E-state index contributed by atoms with van der Waals surface area (Å²) in [5.74, 6) is 1.56. The molecule has 3 heterocycles. The molecule has 4 nitrogen and oxygen atoms in total. The molecule has 0 aromatic carbocycles. The lowest BCUT2D eigenvalue weighted by Crippen LogP contribution is -2.28. The van der Waals surface area contributed by atoms with Crippen molar-refractivity contribution in [3.8, 4) is 0 Å². The van der Waals surface area contributed by atoms with Gasteiger partial charge < -0.3 is 10.3 Å². The quantitative estimate of drug-likeness (QED) is 0.842. The van der Waals surface area contributed by atoms with Gasteiger partial charge in [-0.25, -0.2) is 9.97 Å². The van der Waals surface area contributed by atoms with Gasteiger partial charge in [-0.05, 0) is 41.4 Å². The molecule has 2 N–H and O–H groups in total. The number of aromatic nitrogens is 3. The van der Waals surface area contributed by atoms with Crippen LogP contribution in [0.4, 0.5) is 0 Å². The monoisotopic (exact) mass is 280 g/mol. The zero-order valence-corrected chi connectivity index (χ0v) is 10.4. The summed E-state index contributed by atoms with van der Waals surface area (Å²) in [5, 5.41) is 3.40. The highest BCUT2D eigenvalue weighted by molar-refractivity contribution is 9.10. The molecule has 1 unspecified atom stereocenters. The molecule has 0 radical (unpaired) electrons. The van der Waals surface area contributed by atoms with Gasteiger partial charge in [0.1, 0.15) is 5.82 Å². The third-order valence-electron chi connectivity index (χ3n) is 3.01. The van der Waals surface area contributed by atoms with Crippen molar-refractivity contribution in [3.05, 3.63) is 22.6 Å². The number of H-pyrrole nitrogens is 1. The van der Waals surface area contributed by atoms with Crippen LogP contribution in [0.5, 0.6) is 0 Å². The predicted molar refractivity (Wildman–Crippen MR) is 66.4 cm³/mol. The van der Waals surface area contributed by atoms with Crippen molar-refractivity contribution in [3.63, 3.8) is 0 Å². The Morgan fingerprint density at radius 2 is 2.38 bits per heavy atom. The summed E-state index contributed by atoms with van der Waals surface area (Å²) in [6.45, 7) is 2.14. The smallest absolute Gasteiger partial charge is 0.177 e. The Morgan fingerprint density at radius 3 is 3.19 bits per heavy atom. The van der Waals surface area contributed by atoms with E-state index in [0.29, 0.717) is 5.92 Å². The SMILES string of the molecule is Brc1cnc2nc(C3CCCNC3)[nH]c2c1. The number of fused-ring (bicyclic) bond motifs is 1.